The van der Waals surface area contributed by atoms with E-state index in [9.17, 15) is 8.42 Å². The second-order valence-corrected chi connectivity index (χ2v) is 4.00. The fraction of sp³-hybridized carbons (Fsp3) is 0.400. The average molecular weight is 236 g/mol. The van der Waals surface area contributed by atoms with Crippen LogP contribution in [0.5, 0.6) is 0 Å². The summed E-state index contributed by atoms with van der Waals surface area (Å²) in [5, 5.41) is 0. The van der Waals surface area contributed by atoms with Crippen LogP contribution in [0.25, 0.3) is 0 Å². The molecule has 1 aromatic rings. The molecule has 0 amide bonds. The molecule has 0 aliphatic rings. The van der Waals surface area contributed by atoms with Crippen molar-refractivity contribution < 1.29 is 8.42 Å². The third-order valence-corrected chi connectivity index (χ3v) is 2.74. The first-order chi connectivity index (χ1) is 6.65. The number of rotatable bonds is 4. The van der Waals surface area contributed by atoms with Crippen molar-refractivity contribution in [2.45, 2.75) is 26.2 Å². The summed E-state index contributed by atoms with van der Waals surface area (Å²) in [5.41, 5.74) is 1.74. The van der Waals surface area contributed by atoms with Gasteiger partial charge in [-0.1, -0.05) is 32.0 Å². The van der Waals surface area contributed by atoms with Crippen LogP contribution in [-0.4, -0.2) is 38.0 Å². The van der Waals surface area contributed by atoms with E-state index in [1.165, 1.54) is 0 Å². The van der Waals surface area contributed by atoms with Gasteiger partial charge in [-0.05, 0) is 24.0 Å². The molecule has 5 heteroatoms. The maximum atomic E-state index is 10.6. The van der Waals surface area contributed by atoms with E-state index in [1.807, 2.05) is 18.2 Å². The van der Waals surface area contributed by atoms with Gasteiger partial charge in [-0.2, -0.15) is 0 Å². The molecule has 0 spiro atoms. The fourth-order valence-corrected chi connectivity index (χ4v) is 1.75. The van der Waals surface area contributed by atoms with Crippen molar-refractivity contribution in [2.24, 2.45) is 0 Å². The zero-order valence-electron chi connectivity index (χ0n) is 9.36. The van der Waals surface area contributed by atoms with Crippen LogP contribution < -0.4 is 4.72 Å². The monoisotopic (exact) mass is 236 g/mol. The van der Waals surface area contributed by atoms with Crippen LogP contribution in [0.15, 0.2) is 24.3 Å². The van der Waals surface area contributed by atoms with Gasteiger partial charge in [0.1, 0.15) is 0 Å². The number of hydrogen-bond acceptors (Lipinski definition) is 2. The maximum absolute atomic E-state index is 10.6. The Morgan fingerprint density at radius 3 is 2.47 bits per heavy atom. The molecule has 79 valence electrons. The summed E-state index contributed by atoms with van der Waals surface area (Å²) >= 11 is 0. The van der Waals surface area contributed by atoms with E-state index < -0.39 is 10.9 Å². The Balaban J connectivity index is 0.00000196. The van der Waals surface area contributed by atoms with E-state index in [4.69, 9.17) is 0 Å². The average Bonchev–Trinajstić information content (AvgIpc) is 2.16. The van der Waals surface area contributed by atoms with Gasteiger partial charge in [0.2, 0.25) is 10.9 Å². The molecule has 0 aliphatic heterocycles. The molecule has 0 saturated heterocycles. The van der Waals surface area contributed by atoms with Crippen LogP contribution in [0, 0.1) is 0 Å². The summed E-state index contributed by atoms with van der Waals surface area (Å²) in [6, 6.07) is 7.49. The zero-order chi connectivity index (χ0) is 10.6. The Labute approximate surface area is 115 Å². The predicted octanol–water partition coefficient (Wildman–Crippen LogP) is 1.76. The minimum Gasteiger partial charge on any atom is -0.285 e. The summed E-state index contributed by atoms with van der Waals surface area (Å²) in [7, 11) is -2.57. The number of benzene rings is 1. The van der Waals surface area contributed by atoms with Gasteiger partial charge in [-0.25, -0.2) is 8.42 Å². The molecule has 0 fully saturated rings. The van der Waals surface area contributed by atoms with Crippen molar-refractivity contribution >= 4 is 46.1 Å². The van der Waals surface area contributed by atoms with Gasteiger partial charge in [0, 0.05) is 29.6 Å². The summed E-state index contributed by atoms with van der Waals surface area (Å²) in [6.45, 7) is 4.16. The van der Waals surface area contributed by atoms with Crippen LogP contribution in [0.1, 0.15) is 31.7 Å². The smallest absolute Gasteiger partial charge is 0.222 e. The molecule has 0 aromatic heterocycles. The van der Waals surface area contributed by atoms with E-state index in [0.29, 0.717) is 11.6 Å². The Morgan fingerprint density at radius 2 is 1.93 bits per heavy atom. The molecular weight excluding hydrogens is 221 g/mol. The molecule has 1 radical (unpaired) electrons. The van der Waals surface area contributed by atoms with Crippen molar-refractivity contribution in [3.05, 3.63) is 29.8 Å². The molecule has 1 rings (SSSR count). The van der Waals surface area contributed by atoms with Gasteiger partial charge in [-0.15, -0.1) is 0 Å². The van der Waals surface area contributed by atoms with E-state index in [2.05, 4.69) is 18.6 Å². The molecule has 0 aliphatic carbocycles. The van der Waals surface area contributed by atoms with Crippen LogP contribution in [0.2, 0.25) is 0 Å². The third kappa shape index (κ3) is 4.55. The van der Waals surface area contributed by atoms with E-state index >= 15 is 0 Å². The van der Waals surface area contributed by atoms with Crippen LogP contribution in [-0.2, 0) is 10.9 Å². The molecular formula is C10H15NNaO2S. The van der Waals surface area contributed by atoms with Crippen molar-refractivity contribution in [3.8, 4) is 0 Å². The predicted molar refractivity (Wildman–Crippen MR) is 64.8 cm³/mol. The standard InChI is InChI=1S/C10H15NO2S.Na/c1-3-8(2)9-6-4-5-7-10(9)11-14(12)13;/h4-8,14H,3H2,1-2H3,(H,11,12,13);. The molecule has 1 aromatic carbocycles. The first kappa shape index (κ1) is 15.0. The van der Waals surface area contributed by atoms with E-state index in [-0.39, 0.29) is 29.6 Å². The van der Waals surface area contributed by atoms with Crippen LogP contribution >= 0.6 is 0 Å². The van der Waals surface area contributed by atoms with Crippen molar-refractivity contribution in [1.82, 2.24) is 0 Å². The quantitative estimate of drug-likeness (QED) is 0.618. The Hall–Kier alpha value is -0.0300. The van der Waals surface area contributed by atoms with Gasteiger partial charge in [0.15, 0.2) is 0 Å². The topological polar surface area (TPSA) is 46.2 Å². The minimum absolute atomic E-state index is 0. The number of para-hydroxylation sites is 1. The third-order valence-electron chi connectivity index (χ3n) is 2.32. The van der Waals surface area contributed by atoms with Gasteiger partial charge in [0.05, 0.1) is 5.69 Å². The normalized spacial score (nSPS) is 11.9. The van der Waals surface area contributed by atoms with Gasteiger partial charge in [0.25, 0.3) is 0 Å². The summed E-state index contributed by atoms with van der Waals surface area (Å²) < 4.78 is 23.6. The Morgan fingerprint density at radius 1 is 1.33 bits per heavy atom. The number of thiol groups is 1. The van der Waals surface area contributed by atoms with Crippen molar-refractivity contribution in [1.29, 1.82) is 0 Å². The summed E-state index contributed by atoms with van der Waals surface area (Å²) in [6.07, 6.45) is 0.994. The van der Waals surface area contributed by atoms with E-state index in [0.717, 1.165) is 12.0 Å². The van der Waals surface area contributed by atoms with Gasteiger partial charge >= 0.3 is 0 Å². The fourth-order valence-electron chi connectivity index (χ4n) is 1.35. The first-order valence-electron chi connectivity index (χ1n) is 4.65. The second-order valence-electron chi connectivity index (χ2n) is 3.27. The molecule has 0 saturated carbocycles. The Bertz CT molecular complexity index is 371. The van der Waals surface area contributed by atoms with Crippen LogP contribution in [0.4, 0.5) is 5.69 Å². The first-order valence-corrected chi connectivity index (χ1v) is 5.82. The van der Waals surface area contributed by atoms with Crippen molar-refractivity contribution in [3.63, 3.8) is 0 Å². The SMILES string of the molecule is CCC(C)c1ccccc1N[SH](=O)=O.[Na]. The molecule has 0 bridgehead atoms. The molecule has 0 heterocycles. The Kier molecular flexibility index (Phi) is 7.26. The molecule has 15 heavy (non-hydrogen) atoms. The van der Waals surface area contributed by atoms with E-state index in [1.54, 1.807) is 6.07 Å². The number of nitrogens with one attached hydrogen (secondary N) is 1. The van der Waals surface area contributed by atoms with Gasteiger partial charge < -0.3 is 0 Å². The second kappa shape index (κ2) is 7.28. The molecule has 3 nitrogen and oxygen atoms in total. The largest absolute Gasteiger partial charge is 0.285 e. The zero-order valence-corrected chi connectivity index (χ0v) is 12.3. The van der Waals surface area contributed by atoms with Crippen LogP contribution in [0.3, 0.4) is 0 Å². The summed E-state index contributed by atoms with van der Waals surface area (Å²) in [5.74, 6) is 0.369. The number of hydrogen-bond donors (Lipinski definition) is 2. The molecule has 1 atom stereocenters. The molecule has 1 N–H and O–H groups in total. The maximum Gasteiger partial charge on any atom is 0.222 e. The minimum atomic E-state index is -2.57. The number of anilines is 1. The van der Waals surface area contributed by atoms with Gasteiger partial charge in [-0.3, -0.25) is 4.72 Å². The summed E-state index contributed by atoms with van der Waals surface area (Å²) in [4.78, 5) is 0. The van der Waals surface area contributed by atoms with Crippen molar-refractivity contribution in [2.75, 3.05) is 4.72 Å². The molecule has 1 unspecified atom stereocenters.